The van der Waals surface area contributed by atoms with Crippen LogP contribution in [0.25, 0.3) is 0 Å². The Morgan fingerprint density at radius 3 is 2.30 bits per heavy atom. The van der Waals surface area contributed by atoms with E-state index in [4.69, 9.17) is 5.73 Å². The van der Waals surface area contributed by atoms with Crippen LogP contribution in [0.3, 0.4) is 0 Å². The predicted molar refractivity (Wildman–Crippen MR) is 84.0 cm³/mol. The summed E-state index contributed by atoms with van der Waals surface area (Å²) < 4.78 is 13.8. The van der Waals surface area contributed by atoms with Crippen molar-refractivity contribution in [3.05, 3.63) is 35.6 Å². The maximum Gasteiger partial charge on any atom is 0.127 e. The van der Waals surface area contributed by atoms with E-state index < -0.39 is 0 Å². The molecule has 2 N–H and O–H groups in total. The molecule has 0 fully saturated rings. The van der Waals surface area contributed by atoms with Crippen molar-refractivity contribution in [2.24, 2.45) is 17.6 Å². The van der Waals surface area contributed by atoms with Crippen molar-refractivity contribution in [1.82, 2.24) is 4.90 Å². The van der Waals surface area contributed by atoms with Gasteiger partial charge in [0, 0.05) is 24.2 Å². The van der Waals surface area contributed by atoms with Crippen LogP contribution in [0.5, 0.6) is 0 Å². The second-order valence-corrected chi connectivity index (χ2v) is 6.44. The Balaban J connectivity index is 2.62. The van der Waals surface area contributed by atoms with Gasteiger partial charge in [-0.05, 0) is 38.3 Å². The van der Waals surface area contributed by atoms with Crippen LogP contribution >= 0.6 is 0 Å². The van der Waals surface area contributed by atoms with Crippen LogP contribution in [-0.2, 0) is 0 Å². The third-order valence-corrected chi connectivity index (χ3v) is 4.02. The van der Waals surface area contributed by atoms with Crippen molar-refractivity contribution >= 4 is 0 Å². The Bertz CT molecular complexity index is 406. The molecule has 0 heterocycles. The Kier molecular flexibility index (Phi) is 6.63. The molecule has 114 valence electrons. The van der Waals surface area contributed by atoms with E-state index in [0.29, 0.717) is 17.5 Å². The van der Waals surface area contributed by atoms with E-state index in [0.717, 1.165) is 13.0 Å². The summed E-state index contributed by atoms with van der Waals surface area (Å²) in [5, 5.41) is 0. The Morgan fingerprint density at radius 2 is 1.75 bits per heavy atom. The summed E-state index contributed by atoms with van der Waals surface area (Å²) in [6.07, 6.45) is 1.16. The normalized spacial score (nSPS) is 16.4. The molecule has 0 spiro atoms. The number of nitrogens with two attached hydrogens (primary N) is 1. The first kappa shape index (κ1) is 17.1. The first-order chi connectivity index (χ1) is 9.32. The van der Waals surface area contributed by atoms with Crippen LogP contribution in [0.1, 0.15) is 45.7 Å². The second kappa shape index (κ2) is 7.75. The molecule has 0 amide bonds. The van der Waals surface area contributed by atoms with Gasteiger partial charge >= 0.3 is 0 Å². The first-order valence-electron chi connectivity index (χ1n) is 7.53. The van der Waals surface area contributed by atoms with E-state index in [-0.39, 0.29) is 17.8 Å². The molecule has 0 saturated heterocycles. The van der Waals surface area contributed by atoms with Crippen LogP contribution in [0.15, 0.2) is 24.3 Å². The molecule has 0 aromatic heterocycles. The lowest BCUT2D eigenvalue weighted by molar-refractivity contribution is 0.189. The molecule has 0 aliphatic carbocycles. The molecule has 0 aliphatic rings. The minimum absolute atomic E-state index is 0.204. The number of hydrogen-bond donors (Lipinski definition) is 1. The number of hydrogen-bond acceptors (Lipinski definition) is 2. The van der Waals surface area contributed by atoms with Crippen molar-refractivity contribution in [3.8, 4) is 0 Å². The summed E-state index contributed by atoms with van der Waals surface area (Å²) in [6, 6.07) is 7.07. The van der Waals surface area contributed by atoms with Crippen LogP contribution in [0, 0.1) is 17.7 Å². The topological polar surface area (TPSA) is 29.3 Å². The van der Waals surface area contributed by atoms with Gasteiger partial charge in [-0.1, -0.05) is 39.0 Å². The largest absolute Gasteiger partial charge is 0.324 e. The molecule has 1 aromatic rings. The first-order valence-corrected chi connectivity index (χ1v) is 7.53. The summed E-state index contributed by atoms with van der Waals surface area (Å²) in [7, 11) is 2.12. The van der Waals surface area contributed by atoms with Crippen molar-refractivity contribution in [2.75, 3.05) is 13.6 Å². The SMILES string of the molecule is CC(C)CC(C)N(C)CC(C)C(N)c1ccccc1F. The molecule has 3 unspecified atom stereocenters. The Hall–Kier alpha value is -0.930. The van der Waals surface area contributed by atoms with E-state index in [1.54, 1.807) is 12.1 Å². The zero-order chi connectivity index (χ0) is 15.3. The van der Waals surface area contributed by atoms with Crippen molar-refractivity contribution in [3.63, 3.8) is 0 Å². The monoisotopic (exact) mass is 280 g/mol. The van der Waals surface area contributed by atoms with Gasteiger partial charge in [0.05, 0.1) is 0 Å². The third kappa shape index (κ3) is 4.88. The van der Waals surface area contributed by atoms with Crippen LogP contribution in [0.4, 0.5) is 4.39 Å². The molecule has 3 heteroatoms. The quantitative estimate of drug-likeness (QED) is 0.822. The molecule has 2 nitrogen and oxygen atoms in total. The lowest BCUT2D eigenvalue weighted by Gasteiger charge is -2.31. The Labute approximate surface area is 123 Å². The second-order valence-electron chi connectivity index (χ2n) is 6.44. The van der Waals surface area contributed by atoms with Crippen molar-refractivity contribution in [1.29, 1.82) is 0 Å². The average Bonchev–Trinajstić information content (AvgIpc) is 2.37. The highest BCUT2D eigenvalue weighted by molar-refractivity contribution is 5.21. The minimum Gasteiger partial charge on any atom is -0.324 e. The maximum atomic E-state index is 13.8. The molecule has 0 aliphatic heterocycles. The van der Waals surface area contributed by atoms with Crippen LogP contribution in [0.2, 0.25) is 0 Å². The fourth-order valence-electron chi connectivity index (χ4n) is 2.66. The summed E-state index contributed by atoms with van der Waals surface area (Å²) in [5.41, 5.74) is 6.84. The van der Waals surface area contributed by atoms with Gasteiger partial charge in [0.25, 0.3) is 0 Å². The number of halogens is 1. The van der Waals surface area contributed by atoms with E-state index in [9.17, 15) is 4.39 Å². The fourth-order valence-corrected chi connectivity index (χ4v) is 2.66. The standard InChI is InChI=1S/C17H29FN2/c1-12(2)10-14(4)20(5)11-13(3)17(19)15-8-6-7-9-16(15)18/h6-9,12-14,17H,10-11,19H2,1-5H3. The zero-order valence-electron chi connectivity index (χ0n) is 13.4. The van der Waals surface area contributed by atoms with Gasteiger partial charge in [0.15, 0.2) is 0 Å². The van der Waals surface area contributed by atoms with E-state index >= 15 is 0 Å². The fraction of sp³-hybridized carbons (Fsp3) is 0.647. The van der Waals surface area contributed by atoms with Crippen molar-refractivity contribution in [2.45, 2.75) is 46.2 Å². The van der Waals surface area contributed by atoms with Gasteiger partial charge in [-0.15, -0.1) is 0 Å². The van der Waals surface area contributed by atoms with Gasteiger partial charge in [-0.25, -0.2) is 4.39 Å². The molecule has 0 bridgehead atoms. The van der Waals surface area contributed by atoms with E-state index in [1.165, 1.54) is 6.07 Å². The van der Waals surface area contributed by atoms with Crippen molar-refractivity contribution < 1.29 is 4.39 Å². The number of rotatable bonds is 7. The molecule has 0 saturated carbocycles. The molecule has 3 atom stereocenters. The van der Waals surface area contributed by atoms with Crippen LogP contribution < -0.4 is 5.73 Å². The molecule has 0 radical (unpaired) electrons. The zero-order valence-corrected chi connectivity index (χ0v) is 13.4. The maximum absolute atomic E-state index is 13.8. The average molecular weight is 280 g/mol. The molecular formula is C17H29FN2. The Morgan fingerprint density at radius 1 is 1.15 bits per heavy atom. The van der Waals surface area contributed by atoms with Gasteiger partial charge in [0.1, 0.15) is 5.82 Å². The summed E-state index contributed by atoms with van der Waals surface area (Å²) in [6.45, 7) is 9.68. The van der Waals surface area contributed by atoms with Gasteiger partial charge in [0.2, 0.25) is 0 Å². The van der Waals surface area contributed by atoms with Crippen LogP contribution in [-0.4, -0.2) is 24.5 Å². The van der Waals surface area contributed by atoms with E-state index in [1.807, 2.05) is 6.07 Å². The van der Waals surface area contributed by atoms with Gasteiger partial charge in [-0.2, -0.15) is 0 Å². The molecule has 1 aromatic carbocycles. The summed E-state index contributed by atoms with van der Waals surface area (Å²) in [5.74, 6) is 0.694. The molecule has 1 rings (SSSR count). The third-order valence-electron chi connectivity index (χ3n) is 4.02. The lowest BCUT2D eigenvalue weighted by Crippen LogP contribution is -2.37. The molecular weight excluding hydrogens is 251 g/mol. The summed E-state index contributed by atoms with van der Waals surface area (Å²) >= 11 is 0. The van der Waals surface area contributed by atoms with E-state index in [2.05, 4.69) is 39.6 Å². The van der Waals surface area contributed by atoms with Gasteiger partial charge < -0.3 is 10.6 Å². The summed E-state index contributed by atoms with van der Waals surface area (Å²) in [4.78, 5) is 2.32. The minimum atomic E-state index is -0.259. The lowest BCUT2D eigenvalue weighted by atomic mass is 9.93. The molecule has 20 heavy (non-hydrogen) atoms. The highest BCUT2D eigenvalue weighted by atomic mass is 19.1. The predicted octanol–water partition coefficient (Wildman–Crippen LogP) is 3.83. The highest BCUT2D eigenvalue weighted by Crippen LogP contribution is 2.23. The number of nitrogens with zero attached hydrogens (tertiary/aromatic N) is 1. The smallest absolute Gasteiger partial charge is 0.127 e. The number of benzene rings is 1. The van der Waals surface area contributed by atoms with Gasteiger partial charge in [-0.3, -0.25) is 0 Å². The highest BCUT2D eigenvalue weighted by Gasteiger charge is 2.21.